The molecule has 0 spiro atoms. The van der Waals surface area contributed by atoms with Crippen LogP contribution in [0.4, 0.5) is 0 Å². The molecule has 24 heavy (non-hydrogen) atoms. The number of nitrogens with one attached hydrogen (secondary N) is 1. The minimum atomic E-state index is -3.43. The smallest absolute Gasteiger partial charge is 0.211 e. The molecule has 1 aromatic heterocycles. The first kappa shape index (κ1) is 17.4. The van der Waals surface area contributed by atoms with E-state index in [1.807, 2.05) is 31.2 Å². The molecule has 128 valence electrons. The number of hydrogen-bond donors (Lipinski definition) is 1. The molecule has 5 heteroatoms. The van der Waals surface area contributed by atoms with Crippen LogP contribution in [0.25, 0.3) is 6.08 Å². The fraction of sp³-hybridized carbons (Fsp3) is 0.368. The number of rotatable bonds is 6. The molecule has 1 aliphatic carbocycles. The van der Waals surface area contributed by atoms with Gasteiger partial charge in [-0.1, -0.05) is 42.7 Å². The molecular formula is C19H23NO2S2. The summed E-state index contributed by atoms with van der Waals surface area (Å²) in [6.45, 7) is 2.49. The first-order chi connectivity index (χ1) is 11.5. The van der Waals surface area contributed by atoms with Crippen LogP contribution in [0.1, 0.15) is 42.4 Å². The SMILES string of the molecule is Cc1ccc(/C=C/S(=O)(=O)NCC2(c3ccsc3)CCCC2)cc1. The average Bonchev–Trinajstić information content (AvgIpc) is 3.25. The van der Waals surface area contributed by atoms with Crippen LogP contribution in [0.15, 0.2) is 46.5 Å². The third-order valence-electron chi connectivity index (χ3n) is 4.82. The highest BCUT2D eigenvalue weighted by Gasteiger charge is 2.36. The van der Waals surface area contributed by atoms with E-state index < -0.39 is 10.0 Å². The van der Waals surface area contributed by atoms with E-state index in [0.29, 0.717) is 6.54 Å². The lowest BCUT2D eigenvalue weighted by molar-refractivity contribution is 0.435. The van der Waals surface area contributed by atoms with Crippen LogP contribution >= 0.6 is 11.3 Å². The van der Waals surface area contributed by atoms with Gasteiger partial charge in [0.2, 0.25) is 10.0 Å². The Morgan fingerprint density at radius 1 is 1.17 bits per heavy atom. The second kappa shape index (κ2) is 7.21. The van der Waals surface area contributed by atoms with Gasteiger partial charge in [0.05, 0.1) is 0 Å². The maximum absolute atomic E-state index is 12.3. The van der Waals surface area contributed by atoms with Crippen molar-refractivity contribution in [3.05, 3.63) is 63.2 Å². The van der Waals surface area contributed by atoms with E-state index in [9.17, 15) is 8.42 Å². The van der Waals surface area contributed by atoms with Gasteiger partial charge in [-0.05, 0) is 53.8 Å². The second-order valence-corrected chi connectivity index (χ2v) is 9.01. The number of hydrogen-bond acceptors (Lipinski definition) is 3. The Morgan fingerprint density at radius 3 is 2.50 bits per heavy atom. The second-order valence-electron chi connectivity index (χ2n) is 6.58. The Hall–Kier alpha value is -1.43. The summed E-state index contributed by atoms with van der Waals surface area (Å²) in [5.41, 5.74) is 3.28. The van der Waals surface area contributed by atoms with Crippen molar-refractivity contribution in [3.63, 3.8) is 0 Å². The highest BCUT2D eigenvalue weighted by molar-refractivity contribution is 7.92. The van der Waals surface area contributed by atoms with Gasteiger partial charge in [0.25, 0.3) is 0 Å². The highest BCUT2D eigenvalue weighted by Crippen LogP contribution is 2.41. The summed E-state index contributed by atoms with van der Waals surface area (Å²) in [4.78, 5) is 0. The molecule has 3 nitrogen and oxygen atoms in total. The van der Waals surface area contributed by atoms with Crippen LogP contribution in [0.3, 0.4) is 0 Å². The summed E-state index contributed by atoms with van der Waals surface area (Å²) in [5, 5.41) is 5.50. The monoisotopic (exact) mass is 361 g/mol. The largest absolute Gasteiger partial charge is 0.233 e. The molecular weight excluding hydrogens is 338 g/mol. The van der Waals surface area contributed by atoms with E-state index in [-0.39, 0.29) is 5.41 Å². The summed E-state index contributed by atoms with van der Waals surface area (Å²) in [6.07, 6.45) is 6.07. The molecule has 1 saturated carbocycles. The molecule has 0 unspecified atom stereocenters. The highest BCUT2D eigenvalue weighted by atomic mass is 32.2. The van der Waals surface area contributed by atoms with Crippen molar-refractivity contribution in [3.8, 4) is 0 Å². The van der Waals surface area contributed by atoms with Crippen LogP contribution in [-0.2, 0) is 15.4 Å². The fourth-order valence-electron chi connectivity index (χ4n) is 3.32. The first-order valence-electron chi connectivity index (χ1n) is 8.26. The lowest BCUT2D eigenvalue weighted by atomic mass is 9.81. The van der Waals surface area contributed by atoms with E-state index in [2.05, 4.69) is 21.5 Å². The first-order valence-corrected chi connectivity index (χ1v) is 10.8. The van der Waals surface area contributed by atoms with Gasteiger partial charge < -0.3 is 0 Å². The Bertz CT molecular complexity index is 784. The Balaban J connectivity index is 1.69. The topological polar surface area (TPSA) is 46.2 Å². The van der Waals surface area contributed by atoms with Crippen molar-refractivity contribution in [2.45, 2.75) is 38.0 Å². The van der Waals surface area contributed by atoms with E-state index in [1.165, 1.54) is 11.0 Å². The molecule has 1 aromatic carbocycles. The van der Waals surface area contributed by atoms with Crippen molar-refractivity contribution < 1.29 is 8.42 Å². The van der Waals surface area contributed by atoms with E-state index >= 15 is 0 Å². The summed E-state index contributed by atoms with van der Waals surface area (Å²) in [7, 11) is -3.43. The Labute approximate surface area is 148 Å². The van der Waals surface area contributed by atoms with Gasteiger partial charge in [0, 0.05) is 17.4 Å². The predicted molar refractivity (Wildman–Crippen MR) is 102 cm³/mol. The number of benzene rings is 1. The van der Waals surface area contributed by atoms with Crippen LogP contribution in [0, 0.1) is 6.92 Å². The van der Waals surface area contributed by atoms with E-state index in [0.717, 1.165) is 36.8 Å². The molecule has 1 N–H and O–H groups in total. The van der Waals surface area contributed by atoms with Crippen LogP contribution in [0.5, 0.6) is 0 Å². The van der Waals surface area contributed by atoms with Crippen LogP contribution < -0.4 is 4.72 Å². The zero-order valence-electron chi connectivity index (χ0n) is 13.9. The Morgan fingerprint density at radius 2 is 1.88 bits per heavy atom. The lowest BCUT2D eigenvalue weighted by Crippen LogP contribution is -2.37. The maximum Gasteiger partial charge on any atom is 0.233 e. The fourth-order valence-corrected chi connectivity index (χ4v) is 5.01. The zero-order chi connectivity index (χ0) is 17.0. The van der Waals surface area contributed by atoms with Gasteiger partial charge in [-0.3, -0.25) is 0 Å². The van der Waals surface area contributed by atoms with Gasteiger partial charge in [0.1, 0.15) is 0 Å². The lowest BCUT2D eigenvalue weighted by Gasteiger charge is -2.28. The van der Waals surface area contributed by atoms with Gasteiger partial charge in [-0.15, -0.1) is 0 Å². The zero-order valence-corrected chi connectivity index (χ0v) is 15.5. The van der Waals surface area contributed by atoms with Gasteiger partial charge in [0.15, 0.2) is 0 Å². The van der Waals surface area contributed by atoms with Gasteiger partial charge in [-0.2, -0.15) is 11.3 Å². The molecule has 0 amide bonds. The standard InChI is InChI=1S/C19H23NO2S2/c1-16-4-6-17(7-5-16)9-13-24(21,22)20-15-19(10-2-3-11-19)18-8-12-23-14-18/h4-9,12-14,20H,2-3,10-11,15H2,1H3/b13-9+. The maximum atomic E-state index is 12.3. The van der Waals surface area contributed by atoms with Crippen LogP contribution in [-0.4, -0.2) is 15.0 Å². The number of aryl methyl sites for hydroxylation is 1. The number of thiophene rings is 1. The molecule has 3 rings (SSSR count). The molecule has 1 fully saturated rings. The van der Waals surface area contributed by atoms with Crippen molar-refractivity contribution >= 4 is 27.4 Å². The normalized spacial score (nSPS) is 17.5. The molecule has 0 bridgehead atoms. The van der Waals surface area contributed by atoms with Crippen molar-refractivity contribution in [2.75, 3.05) is 6.54 Å². The molecule has 0 radical (unpaired) electrons. The molecule has 0 aliphatic heterocycles. The summed E-state index contributed by atoms with van der Waals surface area (Å²) in [5.74, 6) is 0. The van der Waals surface area contributed by atoms with E-state index in [1.54, 1.807) is 17.4 Å². The van der Waals surface area contributed by atoms with Gasteiger partial charge in [-0.25, -0.2) is 13.1 Å². The molecule has 0 saturated heterocycles. The molecule has 1 heterocycles. The number of sulfonamides is 1. The van der Waals surface area contributed by atoms with E-state index in [4.69, 9.17) is 0 Å². The summed E-state index contributed by atoms with van der Waals surface area (Å²) in [6, 6.07) is 9.93. The van der Waals surface area contributed by atoms with Crippen molar-refractivity contribution in [2.24, 2.45) is 0 Å². The van der Waals surface area contributed by atoms with Crippen LogP contribution in [0.2, 0.25) is 0 Å². The third-order valence-corrected chi connectivity index (χ3v) is 6.55. The molecule has 1 aliphatic rings. The molecule has 0 atom stereocenters. The average molecular weight is 362 g/mol. The summed E-state index contributed by atoms with van der Waals surface area (Å²) < 4.78 is 27.5. The van der Waals surface area contributed by atoms with Gasteiger partial charge >= 0.3 is 0 Å². The Kier molecular flexibility index (Phi) is 5.23. The predicted octanol–water partition coefficient (Wildman–Crippen LogP) is 4.46. The quantitative estimate of drug-likeness (QED) is 0.826. The molecule has 2 aromatic rings. The van der Waals surface area contributed by atoms with Crippen molar-refractivity contribution in [1.82, 2.24) is 4.72 Å². The summed E-state index contributed by atoms with van der Waals surface area (Å²) >= 11 is 1.68. The third kappa shape index (κ3) is 4.15. The minimum Gasteiger partial charge on any atom is -0.211 e. The minimum absolute atomic E-state index is 0.0369. The van der Waals surface area contributed by atoms with Crippen molar-refractivity contribution in [1.29, 1.82) is 0 Å².